The maximum Gasteiger partial charge on any atom is 0.469 e. The van der Waals surface area contributed by atoms with E-state index in [-0.39, 0.29) is 25.1 Å². The number of hydrogen-bond acceptors (Lipinski definition) is 10. The standard InChI is InChI=1S/C23H29N4O11P/c1-2-35-19(24)13-36-16-7-3-5-14(9-16)21(29)25-8-4-6-15-11-27(23(31)26-22(15)30)20-10-17(28)18(38-20)12-37-39(32,33)34/h3,5,7,9,11,17-20,28H,2,8,10,12-13,24H2,1H3,(H,25,29)(H,26,30,31)(H2,32,33,34). The van der Waals surface area contributed by atoms with Crippen LogP contribution in [0.5, 0.6) is 5.75 Å². The first-order valence-electron chi connectivity index (χ1n) is 11.7. The Hall–Kier alpha value is -3.32. The summed E-state index contributed by atoms with van der Waals surface area (Å²) >= 11 is 0. The first-order valence-corrected chi connectivity index (χ1v) is 13.3. The molecule has 0 aliphatic carbocycles. The molecule has 1 aliphatic rings. The number of hydrogen-bond donors (Lipinski definition) is 6. The highest BCUT2D eigenvalue weighted by Gasteiger charge is 2.37. The van der Waals surface area contributed by atoms with Crippen LogP contribution < -0.4 is 27.0 Å². The molecule has 1 amide bonds. The van der Waals surface area contributed by atoms with Crippen LogP contribution in [-0.4, -0.2) is 75.2 Å². The van der Waals surface area contributed by atoms with E-state index in [1.54, 1.807) is 18.2 Å². The monoisotopic (exact) mass is 568 g/mol. The first kappa shape index (κ1) is 30.2. The largest absolute Gasteiger partial charge is 0.489 e. The Morgan fingerprint density at radius 3 is 2.87 bits per heavy atom. The predicted molar refractivity (Wildman–Crippen MR) is 135 cm³/mol. The lowest BCUT2D eigenvalue weighted by Crippen LogP contribution is -2.33. The second kappa shape index (κ2) is 13.7. The van der Waals surface area contributed by atoms with E-state index in [1.807, 2.05) is 6.92 Å². The normalized spacial score (nSPS) is 19.7. The lowest BCUT2D eigenvalue weighted by molar-refractivity contribution is -0.0451. The number of benzene rings is 1. The van der Waals surface area contributed by atoms with E-state index in [0.717, 1.165) is 10.8 Å². The van der Waals surface area contributed by atoms with Crippen LogP contribution in [0.15, 0.2) is 40.1 Å². The number of aromatic nitrogens is 2. The quantitative estimate of drug-likeness (QED) is 0.107. The average molecular weight is 568 g/mol. The van der Waals surface area contributed by atoms with Gasteiger partial charge in [0, 0.05) is 24.8 Å². The maximum atomic E-state index is 12.5. The Balaban J connectivity index is 1.61. The number of ether oxygens (including phenoxy) is 3. The summed E-state index contributed by atoms with van der Waals surface area (Å²) < 4.78 is 32.4. The molecule has 3 rings (SSSR count). The lowest BCUT2D eigenvalue weighted by atomic mass is 10.2. The molecular weight excluding hydrogens is 539 g/mol. The van der Waals surface area contributed by atoms with Crippen LogP contribution in [0.1, 0.15) is 35.5 Å². The van der Waals surface area contributed by atoms with Crippen molar-refractivity contribution in [3.8, 4) is 17.6 Å². The molecule has 0 radical (unpaired) electrons. The molecule has 39 heavy (non-hydrogen) atoms. The minimum Gasteiger partial charge on any atom is -0.489 e. The molecule has 2 aromatic rings. The smallest absolute Gasteiger partial charge is 0.469 e. The second-order valence-corrected chi connectivity index (χ2v) is 9.48. The van der Waals surface area contributed by atoms with E-state index in [2.05, 4.69) is 26.7 Å². The molecule has 0 bridgehead atoms. The number of rotatable bonds is 11. The van der Waals surface area contributed by atoms with Crippen LogP contribution in [-0.2, 0) is 18.6 Å². The van der Waals surface area contributed by atoms with Crippen molar-refractivity contribution in [2.75, 3.05) is 26.4 Å². The summed E-state index contributed by atoms with van der Waals surface area (Å²) in [6.07, 6.45) is -2.93. The Morgan fingerprint density at radius 2 is 2.15 bits per heavy atom. The molecule has 1 aromatic heterocycles. The zero-order valence-corrected chi connectivity index (χ0v) is 21.7. The number of carbonyl (C=O) groups excluding carboxylic acids is 1. The van der Waals surface area contributed by atoms with E-state index in [1.165, 1.54) is 6.07 Å². The number of aliphatic hydroxyl groups is 1. The molecule has 212 valence electrons. The number of aromatic amines is 1. The van der Waals surface area contributed by atoms with Gasteiger partial charge < -0.3 is 40.2 Å². The molecule has 4 unspecified atom stereocenters. The fourth-order valence-electron chi connectivity index (χ4n) is 3.53. The topological polar surface area (TPSA) is 225 Å². The van der Waals surface area contributed by atoms with Gasteiger partial charge in [-0.05, 0) is 25.1 Å². The van der Waals surface area contributed by atoms with Gasteiger partial charge in [-0.25, -0.2) is 9.36 Å². The van der Waals surface area contributed by atoms with E-state index in [4.69, 9.17) is 29.7 Å². The number of aliphatic hydroxyl groups excluding tert-OH is 1. The van der Waals surface area contributed by atoms with Gasteiger partial charge in [0.15, 0.2) is 0 Å². The number of carbonyl (C=O) groups is 1. The van der Waals surface area contributed by atoms with Crippen molar-refractivity contribution in [1.82, 2.24) is 14.9 Å². The highest BCUT2D eigenvalue weighted by molar-refractivity contribution is 7.46. The molecule has 7 N–H and O–H groups in total. The van der Waals surface area contributed by atoms with E-state index in [0.29, 0.717) is 17.9 Å². The molecule has 0 spiro atoms. The van der Waals surface area contributed by atoms with Gasteiger partial charge in [0.25, 0.3) is 11.5 Å². The average Bonchev–Trinajstić information content (AvgIpc) is 3.25. The molecule has 1 aromatic carbocycles. The minimum atomic E-state index is -4.79. The number of phosphoric acid groups is 1. The van der Waals surface area contributed by atoms with Crippen molar-refractivity contribution in [2.24, 2.45) is 5.73 Å². The molecule has 1 aliphatic heterocycles. The number of nitrogens with one attached hydrogen (secondary N) is 2. The maximum absolute atomic E-state index is 12.5. The van der Waals surface area contributed by atoms with Crippen LogP contribution in [0, 0.1) is 11.8 Å². The molecule has 1 fully saturated rings. The van der Waals surface area contributed by atoms with E-state index < -0.39 is 56.2 Å². The summed E-state index contributed by atoms with van der Waals surface area (Å²) in [5.41, 5.74) is 4.31. The number of nitrogens with zero attached hydrogens (tertiary/aromatic N) is 1. The number of H-pyrrole nitrogens is 1. The van der Waals surface area contributed by atoms with Crippen LogP contribution in [0.2, 0.25) is 0 Å². The van der Waals surface area contributed by atoms with Gasteiger partial charge in [0.1, 0.15) is 36.5 Å². The molecule has 1 saturated heterocycles. The Bertz CT molecular complexity index is 1380. The first-order chi connectivity index (χ1) is 18.5. The molecule has 0 saturated carbocycles. The summed E-state index contributed by atoms with van der Waals surface area (Å²) in [7, 11) is -4.79. The van der Waals surface area contributed by atoms with Gasteiger partial charge >= 0.3 is 13.5 Å². The minimum absolute atomic E-state index is 0.105. The zero-order chi connectivity index (χ0) is 28.6. The molecule has 15 nitrogen and oxygen atoms in total. The van der Waals surface area contributed by atoms with Gasteiger partial charge in [0.05, 0.1) is 19.3 Å². The molecule has 4 atom stereocenters. The number of nitrogens with two attached hydrogens (primary N) is 1. The third-order valence-corrected chi connectivity index (χ3v) is 5.83. The molecular formula is C23H29N4O11P. The van der Waals surface area contributed by atoms with Crippen LogP contribution in [0.25, 0.3) is 0 Å². The second-order valence-electron chi connectivity index (χ2n) is 8.24. The fourth-order valence-corrected chi connectivity index (χ4v) is 3.87. The number of phosphoric ester groups is 1. The van der Waals surface area contributed by atoms with Crippen molar-refractivity contribution in [3.05, 3.63) is 62.4 Å². The summed E-state index contributed by atoms with van der Waals surface area (Å²) in [5.74, 6) is 5.17. The Kier molecular flexibility index (Phi) is 10.6. The summed E-state index contributed by atoms with van der Waals surface area (Å²) in [4.78, 5) is 56.7. The van der Waals surface area contributed by atoms with E-state index >= 15 is 0 Å². The van der Waals surface area contributed by atoms with Gasteiger partial charge in [0.2, 0.25) is 0 Å². The van der Waals surface area contributed by atoms with Crippen molar-refractivity contribution >= 4 is 13.7 Å². The van der Waals surface area contributed by atoms with Crippen molar-refractivity contribution in [3.63, 3.8) is 0 Å². The molecule has 2 heterocycles. The summed E-state index contributed by atoms with van der Waals surface area (Å²) in [6, 6.07) is 6.40. The third kappa shape index (κ3) is 9.13. The molecule has 16 heteroatoms. The van der Waals surface area contributed by atoms with Gasteiger partial charge in [-0.3, -0.25) is 23.7 Å². The van der Waals surface area contributed by atoms with Crippen molar-refractivity contribution < 1.29 is 43.0 Å². The van der Waals surface area contributed by atoms with Crippen LogP contribution in [0.4, 0.5) is 0 Å². The number of amides is 1. The highest BCUT2D eigenvalue weighted by atomic mass is 31.2. The van der Waals surface area contributed by atoms with E-state index in [9.17, 15) is 24.1 Å². The fraction of sp³-hybridized carbons (Fsp3) is 0.435. The van der Waals surface area contributed by atoms with Crippen LogP contribution in [0.3, 0.4) is 0 Å². The Labute approximate surface area is 222 Å². The van der Waals surface area contributed by atoms with Gasteiger partial charge in [-0.1, -0.05) is 17.9 Å². The summed E-state index contributed by atoms with van der Waals surface area (Å²) in [6.45, 7) is 1.62. The van der Waals surface area contributed by atoms with Crippen LogP contribution >= 0.6 is 7.82 Å². The van der Waals surface area contributed by atoms with Gasteiger partial charge in [-0.15, -0.1) is 0 Å². The third-order valence-electron chi connectivity index (χ3n) is 5.34. The SMILES string of the molecule is CCOC(N)COc1cccc(C(=O)NCC#Cc2cn(C3CC(O)C(COP(=O)(O)O)O3)c(=O)[nH]c2=O)c1. The van der Waals surface area contributed by atoms with Gasteiger partial charge in [-0.2, -0.15) is 0 Å². The summed E-state index contributed by atoms with van der Waals surface area (Å²) in [5, 5.41) is 12.7. The zero-order valence-electron chi connectivity index (χ0n) is 20.8. The highest BCUT2D eigenvalue weighted by Crippen LogP contribution is 2.38. The van der Waals surface area contributed by atoms with Crippen molar-refractivity contribution in [1.29, 1.82) is 0 Å². The van der Waals surface area contributed by atoms with Crippen molar-refractivity contribution in [2.45, 2.75) is 38.0 Å². The lowest BCUT2D eigenvalue weighted by Gasteiger charge is -2.16. The Morgan fingerprint density at radius 1 is 1.38 bits per heavy atom. The predicted octanol–water partition coefficient (Wildman–Crippen LogP) is -1.22.